The number of rotatable bonds is 3. The van der Waals surface area contributed by atoms with E-state index in [2.05, 4.69) is 9.97 Å². The number of hydrogen-bond acceptors (Lipinski definition) is 3. The third-order valence-corrected chi connectivity index (χ3v) is 5.64. The normalized spacial score (nSPS) is 23.5. The molecule has 0 saturated carbocycles. The second-order valence-electron chi connectivity index (χ2n) is 7.54. The van der Waals surface area contributed by atoms with Crippen LogP contribution in [-0.4, -0.2) is 51.2 Å². The summed E-state index contributed by atoms with van der Waals surface area (Å²) in [7, 11) is 0. The molecule has 136 valence electrons. The monoisotopic (exact) mass is 352 g/mol. The van der Waals surface area contributed by atoms with Crippen molar-refractivity contribution < 1.29 is 9.59 Å². The van der Waals surface area contributed by atoms with Crippen LogP contribution in [0.1, 0.15) is 41.6 Å². The van der Waals surface area contributed by atoms with Crippen molar-refractivity contribution in [1.29, 1.82) is 0 Å². The summed E-state index contributed by atoms with van der Waals surface area (Å²) in [6, 6.07) is 5.73. The van der Waals surface area contributed by atoms with Crippen molar-refractivity contribution in [2.75, 3.05) is 19.6 Å². The highest BCUT2D eigenvalue weighted by Crippen LogP contribution is 2.39. The molecule has 26 heavy (non-hydrogen) atoms. The van der Waals surface area contributed by atoms with Gasteiger partial charge in [-0.2, -0.15) is 0 Å². The maximum Gasteiger partial charge on any atom is 0.255 e. The van der Waals surface area contributed by atoms with Crippen molar-refractivity contribution in [3.8, 4) is 0 Å². The molecule has 2 aliphatic heterocycles. The number of hydrogen-bond donors (Lipinski definition) is 1. The number of aromatic amines is 1. The standard InChI is InChI=1S/C20H24N4O2/c25-18-4-7-20(15-24(18)13-16-3-1-8-21-11-16)6-2-10-23(14-20)19(26)17-5-9-22-12-17/h1,3,5,8-9,11-12,22H,2,4,6-7,10,13-15H2. The van der Waals surface area contributed by atoms with Gasteiger partial charge in [0.05, 0.1) is 5.56 Å². The Hall–Kier alpha value is -2.63. The first-order valence-corrected chi connectivity index (χ1v) is 9.24. The molecule has 6 nitrogen and oxygen atoms in total. The third kappa shape index (κ3) is 3.36. The number of pyridine rings is 1. The SMILES string of the molecule is O=C1CCC2(CCCN(C(=O)c3cc[nH]c3)C2)CN1Cc1cccnc1. The van der Waals surface area contributed by atoms with E-state index in [1.54, 1.807) is 18.6 Å². The molecule has 0 aromatic carbocycles. The highest BCUT2D eigenvalue weighted by atomic mass is 16.2. The van der Waals surface area contributed by atoms with Gasteiger partial charge in [-0.1, -0.05) is 6.07 Å². The van der Waals surface area contributed by atoms with Gasteiger partial charge in [0.1, 0.15) is 0 Å². The average Bonchev–Trinajstić information content (AvgIpc) is 3.20. The van der Waals surface area contributed by atoms with E-state index in [0.717, 1.165) is 44.5 Å². The first kappa shape index (κ1) is 16.8. The summed E-state index contributed by atoms with van der Waals surface area (Å²) in [5.41, 5.74) is 1.77. The predicted octanol–water partition coefficient (Wildman–Crippen LogP) is 2.45. The van der Waals surface area contributed by atoms with E-state index in [-0.39, 0.29) is 17.2 Å². The molecular weight excluding hydrogens is 328 g/mol. The van der Waals surface area contributed by atoms with Crippen LogP contribution in [-0.2, 0) is 11.3 Å². The summed E-state index contributed by atoms with van der Waals surface area (Å²) in [6.45, 7) is 2.84. The summed E-state index contributed by atoms with van der Waals surface area (Å²) in [6.07, 6.45) is 10.6. The number of nitrogens with one attached hydrogen (secondary N) is 1. The molecule has 4 rings (SSSR count). The lowest BCUT2D eigenvalue weighted by atomic mass is 9.73. The van der Waals surface area contributed by atoms with Crippen LogP contribution in [0.3, 0.4) is 0 Å². The lowest BCUT2D eigenvalue weighted by Crippen LogP contribution is -2.54. The first-order chi connectivity index (χ1) is 12.7. The number of likely N-dealkylation sites (tertiary alicyclic amines) is 2. The summed E-state index contributed by atoms with van der Waals surface area (Å²) in [4.78, 5) is 36.2. The molecule has 1 unspecified atom stereocenters. The molecule has 0 bridgehead atoms. The molecule has 4 heterocycles. The minimum atomic E-state index is 0.0142. The van der Waals surface area contributed by atoms with Crippen molar-refractivity contribution in [2.24, 2.45) is 5.41 Å². The molecule has 6 heteroatoms. The van der Waals surface area contributed by atoms with Crippen LogP contribution in [0.5, 0.6) is 0 Å². The zero-order valence-corrected chi connectivity index (χ0v) is 14.9. The largest absolute Gasteiger partial charge is 0.367 e. The Morgan fingerprint density at radius 3 is 2.96 bits per heavy atom. The molecule has 2 aromatic heterocycles. The molecule has 1 atom stereocenters. The average molecular weight is 352 g/mol. The van der Waals surface area contributed by atoms with Crippen molar-refractivity contribution in [2.45, 2.75) is 32.2 Å². The van der Waals surface area contributed by atoms with Gasteiger partial charge in [-0.25, -0.2) is 0 Å². The van der Waals surface area contributed by atoms with Crippen LogP contribution in [0.25, 0.3) is 0 Å². The fourth-order valence-corrected chi connectivity index (χ4v) is 4.31. The second-order valence-corrected chi connectivity index (χ2v) is 7.54. The van der Waals surface area contributed by atoms with E-state index >= 15 is 0 Å². The van der Waals surface area contributed by atoms with E-state index in [0.29, 0.717) is 18.5 Å². The van der Waals surface area contributed by atoms with Crippen molar-refractivity contribution in [1.82, 2.24) is 19.8 Å². The van der Waals surface area contributed by atoms with Crippen LogP contribution < -0.4 is 0 Å². The minimum Gasteiger partial charge on any atom is -0.367 e. The topological polar surface area (TPSA) is 69.3 Å². The van der Waals surface area contributed by atoms with Crippen LogP contribution >= 0.6 is 0 Å². The van der Waals surface area contributed by atoms with Gasteiger partial charge in [-0.15, -0.1) is 0 Å². The minimum absolute atomic E-state index is 0.0142. The van der Waals surface area contributed by atoms with E-state index < -0.39 is 0 Å². The number of carbonyl (C=O) groups excluding carboxylic acids is 2. The zero-order chi connectivity index (χ0) is 18.0. The quantitative estimate of drug-likeness (QED) is 0.922. The fraction of sp³-hybridized carbons (Fsp3) is 0.450. The Bertz CT molecular complexity index is 774. The van der Waals surface area contributed by atoms with Crippen molar-refractivity contribution >= 4 is 11.8 Å². The summed E-state index contributed by atoms with van der Waals surface area (Å²) in [5.74, 6) is 0.287. The second kappa shape index (κ2) is 6.94. The lowest BCUT2D eigenvalue weighted by molar-refractivity contribution is -0.139. The Balaban J connectivity index is 1.48. The highest BCUT2D eigenvalue weighted by Gasteiger charge is 2.42. The number of amides is 2. The van der Waals surface area contributed by atoms with Crippen LogP contribution in [0.2, 0.25) is 0 Å². The van der Waals surface area contributed by atoms with Gasteiger partial charge in [-0.05, 0) is 37.0 Å². The molecule has 2 amide bonds. The van der Waals surface area contributed by atoms with Crippen LogP contribution in [0.4, 0.5) is 0 Å². The summed E-state index contributed by atoms with van der Waals surface area (Å²) in [5, 5.41) is 0. The zero-order valence-electron chi connectivity index (χ0n) is 14.9. The highest BCUT2D eigenvalue weighted by molar-refractivity contribution is 5.94. The lowest BCUT2D eigenvalue weighted by Gasteiger charge is -2.48. The number of piperidine rings is 2. The third-order valence-electron chi connectivity index (χ3n) is 5.64. The number of aromatic nitrogens is 2. The molecule has 0 radical (unpaired) electrons. The maximum atomic E-state index is 12.7. The van der Waals surface area contributed by atoms with E-state index in [1.165, 1.54) is 0 Å². The van der Waals surface area contributed by atoms with Gasteiger partial charge in [0, 0.05) is 62.8 Å². The Morgan fingerprint density at radius 2 is 2.19 bits per heavy atom. The molecule has 1 N–H and O–H groups in total. The van der Waals surface area contributed by atoms with Gasteiger partial charge >= 0.3 is 0 Å². The van der Waals surface area contributed by atoms with Gasteiger partial charge < -0.3 is 14.8 Å². The Labute approximate surface area is 153 Å². The fourth-order valence-electron chi connectivity index (χ4n) is 4.31. The predicted molar refractivity (Wildman–Crippen MR) is 97.3 cm³/mol. The molecule has 2 aliphatic rings. The number of carbonyl (C=O) groups is 2. The van der Waals surface area contributed by atoms with Crippen LogP contribution in [0, 0.1) is 5.41 Å². The van der Waals surface area contributed by atoms with Gasteiger partial charge in [-0.3, -0.25) is 14.6 Å². The summed E-state index contributed by atoms with van der Waals surface area (Å²) >= 11 is 0. The van der Waals surface area contributed by atoms with Gasteiger partial charge in [0.15, 0.2) is 0 Å². The van der Waals surface area contributed by atoms with Crippen LogP contribution in [0.15, 0.2) is 43.0 Å². The molecule has 2 saturated heterocycles. The van der Waals surface area contributed by atoms with E-state index in [9.17, 15) is 9.59 Å². The molecule has 1 spiro atoms. The molecular formula is C20H24N4O2. The smallest absolute Gasteiger partial charge is 0.255 e. The van der Waals surface area contributed by atoms with Gasteiger partial charge in [0.25, 0.3) is 5.91 Å². The maximum absolute atomic E-state index is 12.7. The molecule has 2 aromatic rings. The molecule has 0 aliphatic carbocycles. The first-order valence-electron chi connectivity index (χ1n) is 9.24. The summed E-state index contributed by atoms with van der Waals surface area (Å²) < 4.78 is 0. The molecule has 2 fully saturated rings. The Morgan fingerprint density at radius 1 is 1.27 bits per heavy atom. The van der Waals surface area contributed by atoms with Gasteiger partial charge in [0.2, 0.25) is 5.91 Å². The van der Waals surface area contributed by atoms with Crippen molar-refractivity contribution in [3.05, 3.63) is 54.1 Å². The number of H-pyrrole nitrogens is 1. The Kier molecular flexibility index (Phi) is 4.49. The van der Waals surface area contributed by atoms with E-state index in [4.69, 9.17) is 0 Å². The number of nitrogens with zero attached hydrogens (tertiary/aromatic N) is 3. The van der Waals surface area contributed by atoms with E-state index in [1.807, 2.05) is 34.2 Å². The van der Waals surface area contributed by atoms with Crippen molar-refractivity contribution in [3.63, 3.8) is 0 Å².